The summed E-state index contributed by atoms with van der Waals surface area (Å²) in [4.78, 5) is 14.7. The lowest BCUT2D eigenvalue weighted by Crippen LogP contribution is -2.02. The van der Waals surface area contributed by atoms with Crippen LogP contribution in [0, 0.1) is 56.7 Å². The normalized spacial score (nSPS) is 10.6. The first-order valence-electron chi connectivity index (χ1n) is 18.4. The average Bonchev–Trinajstić information content (AvgIpc) is 3.64. The third-order valence-electron chi connectivity index (χ3n) is 10.1. The van der Waals surface area contributed by atoms with Crippen molar-refractivity contribution in [3.05, 3.63) is 179 Å². The first kappa shape index (κ1) is 35.5. The lowest BCUT2D eigenvalue weighted by atomic mass is 9.97. The molecule has 0 aliphatic rings. The van der Waals surface area contributed by atoms with Crippen molar-refractivity contribution in [1.29, 1.82) is 26.3 Å². The van der Waals surface area contributed by atoms with E-state index >= 15 is 0 Å². The summed E-state index contributed by atoms with van der Waals surface area (Å²) in [7, 11) is 0. The monoisotopic (exact) mass is 751 g/mol. The van der Waals surface area contributed by atoms with Gasteiger partial charge in [0.2, 0.25) is 0 Å². The molecule has 0 atom stereocenters. The van der Waals surface area contributed by atoms with Crippen LogP contribution < -0.4 is 0 Å². The molecule has 0 fully saturated rings. The first-order valence-corrected chi connectivity index (χ1v) is 18.4. The number of hydrogen-bond donors (Lipinski definition) is 0. The molecule has 0 spiro atoms. The highest BCUT2D eigenvalue weighted by molar-refractivity contribution is 6.12. The van der Waals surface area contributed by atoms with Gasteiger partial charge in [0.05, 0.1) is 68.8 Å². The molecule has 0 bridgehead atoms. The lowest BCUT2D eigenvalue weighted by Gasteiger charge is -2.13. The Morgan fingerprint density at radius 2 is 0.746 bits per heavy atom. The SMILES string of the molecule is N#Cc1cc(C#N)cc(-c2ccc3c(c2)c2cc(-c4cc(C#N)cc(C#N)c4)ccc2n3-c2cc(-c3nc(-c4ccccc4)nc(-c4ccccc4)n3)ccc2C#N)c1. The molecular weight excluding hydrogens is 727 g/mol. The van der Waals surface area contributed by atoms with E-state index in [2.05, 4.69) is 30.3 Å². The second-order valence-corrected chi connectivity index (χ2v) is 13.7. The van der Waals surface area contributed by atoms with Crippen LogP contribution in [0.1, 0.15) is 27.8 Å². The molecular formula is C50H25N9. The molecule has 9 heteroatoms. The van der Waals surface area contributed by atoms with Crippen LogP contribution in [0.3, 0.4) is 0 Å². The Morgan fingerprint density at radius 3 is 1.15 bits per heavy atom. The van der Waals surface area contributed by atoms with E-state index in [1.807, 2.05) is 114 Å². The molecule has 0 aliphatic heterocycles. The molecule has 0 unspecified atom stereocenters. The Labute approximate surface area is 338 Å². The standard InChI is InChI=1S/C50H25N9/c51-26-31-17-32(27-52)20-41(19-31)37-13-15-45-43(23-37)44-24-38(42-21-33(28-53)18-34(22-42)29-54)14-16-46(44)59(45)47-25-39(11-12-40(47)30-55)50-57-48(35-7-3-1-4-8-35)56-49(58-50)36-9-5-2-6-10-36/h1-25H. The van der Waals surface area contributed by atoms with Gasteiger partial charge in [-0.05, 0) is 101 Å². The van der Waals surface area contributed by atoms with E-state index in [1.165, 1.54) is 0 Å². The Morgan fingerprint density at radius 1 is 0.339 bits per heavy atom. The van der Waals surface area contributed by atoms with Crippen LogP contribution in [-0.2, 0) is 0 Å². The molecule has 9 rings (SSSR count). The minimum absolute atomic E-state index is 0.370. The van der Waals surface area contributed by atoms with E-state index in [0.717, 1.165) is 44.1 Å². The van der Waals surface area contributed by atoms with Gasteiger partial charge in [-0.1, -0.05) is 72.8 Å². The lowest BCUT2D eigenvalue weighted by molar-refractivity contribution is 1.07. The topological polar surface area (TPSA) is 163 Å². The van der Waals surface area contributed by atoms with Gasteiger partial charge in [0.25, 0.3) is 0 Å². The molecule has 0 saturated heterocycles. The van der Waals surface area contributed by atoms with Crippen LogP contribution >= 0.6 is 0 Å². The van der Waals surface area contributed by atoms with Crippen LogP contribution in [-0.4, -0.2) is 19.5 Å². The first-order chi connectivity index (χ1) is 29.0. The van der Waals surface area contributed by atoms with Crippen LogP contribution in [0.5, 0.6) is 0 Å². The Hall–Kier alpha value is -9.20. The summed E-state index contributed by atoms with van der Waals surface area (Å²) in [5.41, 5.74) is 9.41. The van der Waals surface area contributed by atoms with Crippen molar-refractivity contribution in [1.82, 2.24) is 19.5 Å². The average molecular weight is 752 g/mol. The molecule has 9 nitrogen and oxygen atoms in total. The number of nitrogens with zero attached hydrogens (tertiary/aromatic N) is 9. The molecule has 0 radical (unpaired) electrons. The maximum Gasteiger partial charge on any atom is 0.164 e. The maximum absolute atomic E-state index is 10.6. The van der Waals surface area contributed by atoms with Crippen LogP contribution in [0.15, 0.2) is 152 Å². The molecule has 0 saturated carbocycles. The predicted molar refractivity (Wildman–Crippen MR) is 225 cm³/mol. The van der Waals surface area contributed by atoms with E-state index in [-0.39, 0.29) is 0 Å². The molecule has 2 aromatic heterocycles. The van der Waals surface area contributed by atoms with E-state index in [9.17, 15) is 26.3 Å². The molecule has 59 heavy (non-hydrogen) atoms. The second-order valence-electron chi connectivity index (χ2n) is 13.7. The number of fused-ring (bicyclic) bond motifs is 3. The molecule has 9 aromatic rings. The number of nitriles is 5. The van der Waals surface area contributed by atoms with Crippen molar-refractivity contribution in [3.8, 4) is 92.5 Å². The fourth-order valence-corrected chi connectivity index (χ4v) is 7.38. The van der Waals surface area contributed by atoms with Crippen molar-refractivity contribution < 1.29 is 0 Å². The number of rotatable bonds is 6. The zero-order valence-electron chi connectivity index (χ0n) is 31.0. The van der Waals surface area contributed by atoms with Crippen LogP contribution in [0.4, 0.5) is 0 Å². The van der Waals surface area contributed by atoms with Gasteiger partial charge in [-0.15, -0.1) is 0 Å². The van der Waals surface area contributed by atoms with Gasteiger partial charge in [0.15, 0.2) is 17.5 Å². The molecule has 2 heterocycles. The smallest absolute Gasteiger partial charge is 0.164 e. The van der Waals surface area contributed by atoms with Gasteiger partial charge in [0, 0.05) is 27.5 Å². The van der Waals surface area contributed by atoms with E-state index in [1.54, 1.807) is 42.5 Å². The Bertz CT molecular complexity index is 3130. The molecule has 270 valence electrons. The van der Waals surface area contributed by atoms with E-state index < -0.39 is 0 Å². The quantitative estimate of drug-likeness (QED) is 0.162. The van der Waals surface area contributed by atoms with Crippen molar-refractivity contribution in [2.75, 3.05) is 0 Å². The largest absolute Gasteiger partial charge is 0.308 e. The van der Waals surface area contributed by atoms with Crippen molar-refractivity contribution >= 4 is 21.8 Å². The van der Waals surface area contributed by atoms with Gasteiger partial charge in [0.1, 0.15) is 6.07 Å². The van der Waals surface area contributed by atoms with Crippen LogP contribution in [0.2, 0.25) is 0 Å². The highest BCUT2D eigenvalue weighted by Crippen LogP contribution is 2.39. The highest BCUT2D eigenvalue weighted by atomic mass is 15.0. The summed E-state index contributed by atoms with van der Waals surface area (Å²) in [5.74, 6) is 1.46. The molecule has 7 aromatic carbocycles. The molecule has 0 N–H and O–H groups in total. The summed E-state index contributed by atoms with van der Waals surface area (Å²) in [6, 6.07) is 58.0. The third-order valence-corrected chi connectivity index (χ3v) is 10.1. The highest BCUT2D eigenvalue weighted by Gasteiger charge is 2.20. The molecule has 0 aliphatic carbocycles. The summed E-state index contributed by atoms with van der Waals surface area (Å²) >= 11 is 0. The second kappa shape index (κ2) is 14.8. The molecule has 0 amide bonds. The van der Waals surface area contributed by atoms with Crippen LogP contribution in [0.25, 0.3) is 83.9 Å². The Balaban J connectivity index is 1.30. The zero-order chi connectivity index (χ0) is 40.5. The predicted octanol–water partition coefficient (Wildman–Crippen LogP) is 10.7. The van der Waals surface area contributed by atoms with Gasteiger partial charge in [-0.25, -0.2) is 15.0 Å². The number of benzene rings is 7. The van der Waals surface area contributed by atoms with E-state index in [4.69, 9.17) is 15.0 Å². The summed E-state index contributed by atoms with van der Waals surface area (Å²) in [6.07, 6.45) is 0. The minimum atomic E-state index is 0.370. The zero-order valence-corrected chi connectivity index (χ0v) is 31.0. The summed E-state index contributed by atoms with van der Waals surface area (Å²) in [6.45, 7) is 0. The Kier molecular flexibility index (Phi) is 8.90. The van der Waals surface area contributed by atoms with Gasteiger partial charge in [-0.3, -0.25) is 0 Å². The van der Waals surface area contributed by atoms with Gasteiger partial charge < -0.3 is 4.57 Å². The van der Waals surface area contributed by atoms with E-state index in [0.29, 0.717) is 67.7 Å². The fraction of sp³-hybridized carbons (Fsp3) is 0. The van der Waals surface area contributed by atoms with Crippen molar-refractivity contribution in [2.24, 2.45) is 0 Å². The summed E-state index contributed by atoms with van der Waals surface area (Å²) < 4.78 is 2.04. The number of aromatic nitrogens is 4. The van der Waals surface area contributed by atoms with Gasteiger partial charge in [-0.2, -0.15) is 26.3 Å². The minimum Gasteiger partial charge on any atom is -0.308 e. The van der Waals surface area contributed by atoms with Crippen molar-refractivity contribution in [3.63, 3.8) is 0 Å². The number of hydrogen-bond acceptors (Lipinski definition) is 8. The maximum atomic E-state index is 10.6. The summed E-state index contributed by atoms with van der Waals surface area (Å²) in [5, 5.41) is 51.2. The third kappa shape index (κ3) is 6.54. The van der Waals surface area contributed by atoms with Gasteiger partial charge >= 0.3 is 0 Å². The fourth-order valence-electron chi connectivity index (χ4n) is 7.38. The van der Waals surface area contributed by atoms with Crippen molar-refractivity contribution in [2.45, 2.75) is 0 Å².